The van der Waals surface area contributed by atoms with Gasteiger partial charge in [0.2, 0.25) is 0 Å². The Morgan fingerprint density at radius 2 is 2.07 bits per heavy atom. The smallest absolute Gasteiger partial charge is 0.0345 e. The van der Waals surface area contributed by atoms with Gasteiger partial charge in [-0.05, 0) is 34.7 Å². The predicted octanol–water partition coefficient (Wildman–Crippen LogP) is 4.49. The van der Waals surface area contributed by atoms with Gasteiger partial charge in [-0.3, -0.25) is 0 Å². The first-order valence-corrected chi connectivity index (χ1v) is 6.14. The molecule has 1 atom stereocenters. The van der Waals surface area contributed by atoms with E-state index in [4.69, 9.17) is 0 Å². The highest BCUT2D eigenvalue weighted by atomic mass is 32.1. The average Bonchev–Trinajstić information content (AvgIpc) is 2.62. The first-order valence-electron chi connectivity index (χ1n) is 5.26. The first-order chi connectivity index (χ1) is 6.81. The molecule has 1 aromatic heterocycles. The summed E-state index contributed by atoms with van der Waals surface area (Å²) < 4.78 is 1.42. The van der Waals surface area contributed by atoms with Crippen molar-refractivity contribution in [1.29, 1.82) is 0 Å². The van der Waals surface area contributed by atoms with Crippen LogP contribution in [0.3, 0.4) is 0 Å². The van der Waals surface area contributed by atoms with Crippen LogP contribution in [-0.2, 0) is 6.42 Å². The normalized spacial score (nSPS) is 13.3. The molecule has 0 nitrogen and oxygen atoms in total. The van der Waals surface area contributed by atoms with E-state index in [0.717, 1.165) is 5.92 Å². The zero-order valence-electron chi connectivity index (χ0n) is 8.79. The Balaban J connectivity index is 2.33. The Hall–Kier alpha value is -0.820. The van der Waals surface area contributed by atoms with Crippen LogP contribution in [0, 0.1) is 5.92 Å². The molecule has 0 saturated carbocycles. The molecule has 74 valence electrons. The molecule has 0 aliphatic heterocycles. The van der Waals surface area contributed by atoms with Crippen molar-refractivity contribution in [3.8, 4) is 0 Å². The summed E-state index contributed by atoms with van der Waals surface area (Å²) in [6.07, 6.45) is 2.49. The lowest BCUT2D eigenvalue weighted by Crippen LogP contribution is -1.96. The Morgan fingerprint density at radius 1 is 1.29 bits per heavy atom. The second kappa shape index (κ2) is 4.14. The molecule has 0 saturated heterocycles. The van der Waals surface area contributed by atoms with E-state index in [0.29, 0.717) is 0 Å². The summed E-state index contributed by atoms with van der Waals surface area (Å²) in [4.78, 5) is 0. The molecule has 0 spiro atoms. The van der Waals surface area contributed by atoms with Gasteiger partial charge >= 0.3 is 0 Å². The lowest BCUT2D eigenvalue weighted by molar-refractivity contribution is 0.563. The minimum Gasteiger partial charge on any atom is -0.144 e. The Labute approximate surface area is 89.6 Å². The summed E-state index contributed by atoms with van der Waals surface area (Å²) in [6.45, 7) is 4.59. The molecule has 1 aromatic carbocycles. The second-order valence-corrected chi connectivity index (χ2v) is 4.89. The van der Waals surface area contributed by atoms with Gasteiger partial charge in [-0.25, -0.2) is 0 Å². The zero-order chi connectivity index (χ0) is 9.97. The van der Waals surface area contributed by atoms with Crippen LogP contribution in [0.2, 0.25) is 0 Å². The Bertz CT molecular complexity index is 414. The highest BCUT2D eigenvalue weighted by molar-refractivity contribution is 7.17. The van der Waals surface area contributed by atoms with Crippen LogP contribution in [0.5, 0.6) is 0 Å². The van der Waals surface area contributed by atoms with Crippen LogP contribution in [-0.4, -0.2) is 0 Å². The highest BCUT2D eigenvalue weighted by Crippen LogP contribution is 2.27. The van der Waals surface area contributed by atoms with Crippen LogP contribution in [0.25, 0.3) is 10.1 Å². The van der Waals surface area contributed by atoms with Gasteiger partial charge < -0.3 is 0 Å². The van der Waals surface area contributed by atoms with E-state index >= 15 is 0 Å². The molecule has 0 fully saturated rings. The van der Waals surface area contributed by atoms with Crippen LogP contribution >= 0.6 is 11.3 Å². The number of benzene rings is 1. The summed E-state index contributed by atoms with van der Waals surface area (Å²) in [5, 5.41) is 3.77. The van der Waals surface area contributed by atoms with Crippen LogP contribution in [0.15, 0.2) is 29.6 Å². The van der Waals surface area contributed by atoms with Crippen molar-refractivity contribution < 1.29 is 0 Å². The number of fused-ring (bicyclic) bond motifs is 1. The predicted molar refractivity (Wildman–Crippen MR) is 65.0 cm³/mol. The number of thiophene rings is 1. The fourth-order valence-electron chi connectivity index (χ4n) is 1.71. The Kier molecular flexibility index (Phi) is 2.87. The third-order valence-corrected chi connectivity index (χ3v) is 3.84. The van der Waals surface area contributed by atoms with Gasteiger partial charge in [0, 0.05) is 4.70 Å². The van der Waals surface area contributed by atoms with Crippen molar-refractivity contribution in [3.63, 3.8) is 0 Å². The molecule has 2 rings (SSSR count). The van der Waals surface area contributed by atoms with Gasteiger partial charge in [0.15, 0.2) is 0 Å². The maximum Gasteiger partial charge on any atom is 0.0345 e. The molecular weight excluding hydrogens is 188 g/mol. The van der Waals surface area contributed by atoms with E-state index in [-0.39, 0.29) is 0 Å². The third-order valence-electron chi connectivity index (χ3n) is 2.83. The maximum atomic E-state index is 2.33. The summed E-state index contributed by atoms with van der Waals surface area (Å²) in [5.41, 5.74) is 1.53. The third kappa shape index (κ3) is 1.83. The van der Waals surface area contributed by atoms with Crippen molar-refractivity contribution >= 4 is 21.4 Å². The zero-order valence-corrected chi connectivity index (χ0v) is 9.60. The van der Waals surface area contributed by atoms with Crippen molar-refractivity contribution in [2.75, 3.05) is 0 Å². The van der Waals surface area contributed by atoms with Crippen molar-refractivity contribution in [1.82, 2.24) is 0 Å². The van der Waals surface area contributed by atoms with Gasteiger partial charge in [0.1, 0.15) is 0 Å². The van der Waals surface area contributed by atoms with Gasteiger partial charge in [0.25, 0.3) is 0 Å². The molecule has 0 N–H and O–H groups in total. The molecule has 1 heterocycles. The Morgan fingerprint density at radius 3 is 2.86 bits per heavy atom. The molecule has 1 unspecified atom stereocenters. The summed E-state index contributed by atoms with van der Waals surface area (Å²) >= 11 is 1.87. The van der Waals surface area contributed by atoms with Gasteiger partial charge in [0.05, 0.1) is 0 Å². The second-order valence-electron chi connectivity index (χ2n) is 3.97. The monoisotopic (exact) mass is 204 g/mol. The molecule has 14 heavy (non-hydrogen) atoms. The standard InChI is InChI=1S/C13H16S/c1-3-10(2)8-11-9-14-13-7-5-4-6-12(11)13/h4-7,9-10H,3,8H2,1-2H3. The number of rotatable bonds is 3. The van der Waals surface area contributed by atoms with Gasteiger partial charge in [-0.15, -0.1) is 11.3 Å². The van der Waals surface area contributed by atoms with Crippen molar-refractivity contribution in [2.45, 2.75) is 26.7 Å². The fraction of sp³-hybridized carbons (Fsp3) is 0.385. The van der Waals surface area contributed by atoms with E-state index in [1.807, 2.05) is 11.3 Å². The SMILES string of the molecule is CCC(C)Cc1csc2ccccc12. The summed E-state index contributed by atoms with van der Waals surface area (Å²) in [7, 11) is 0. The molecule has 0 radical (unpaired) electrons. The molecule has 0 aliphatic carbocycles. The minimum absolute atomic E-state index is 0.799. The van der Waals surface area contributed by atoms with Crippen LogP contribution < -0.4 is 0 Å². The van der Waals surface area contributed by atoms with Gasteiger partial charge in [-0.1, -0.05) is 38.5 Å². The van der Waals surface area contributed by atoms with E-state index in [1.165, 1.54) is 28.5 Å². The first kappa shape index (κ1) is 9.72. The van der Waals surface area contributed by atoms with Gasteiger partial charge in [-0.2, -0.15) is 0 Å². The van der Waals surface area contributed by atoms with Crippen molar-refractivity contribution in [2.24, 2.45) is 5.92 Å². The quantitative estimate of drug-likeness (QED) is 0.691. The number of hydrogen-bond acceptors (Lipinski definition) is 1. The fourth-order valence-corrected chi connectivity index (χ4v) is 2.69. The topological polar surface area (TPSA) is 0 Å². The number of hydrogen-bond donors (Lipinski definition) is 0. The highest BCUT2D eigenvalue weighted by Gasteiger charge is 2.06. The van der Waals surface area contributed by atoms with E-state index in [9.17, 15) is 0 Å². The van der Waals surface area contributed by atoms with Crippen LogP contribution in [0.1, 0.15) is 25.8 Å². The van der Waals surface area contributed by atoms with E-state index < -0.39 is 0 Å². The molecule has 1 heteroatoms. The molecule has 0 aliphatic rings. The van der Waals surface area contributed by atoms with Crippen molar-refractivity contribution in [3.05, 3.63) is 35.2 Å². The maximum absolute atomic E-state index is 2.33. The molecule has 0 bridgehead atoms. The lowest BCUT2D eigenvalue weighted by Gasteiger charge is -2.06. The summed E-state index contributed by atoms with van der Waals surface area (Å²) in [6, 6.07) is 8.70. The lowest BCUT2D eigenvalue weighted by atomic mass is 9.99. The largest absolute Gasteiger partial charge is 0.144 e. The van der Waals surface area contributed by atoms with Crippen LogP contribution in [0.4, 0.5) is 0 Å². The molecular formula is C13H16S. The molecule has 2 aromatic rings. The van der Waals surface area contributed by atoms with E-state index in [1.54, 1.807) is 0 Å². The average molecular weight is 204 g/mol. The molecule has 0 amide bonds. The summed E-state index contributed by atoms with van der Waals surface area (Å²) in [5.74, 6) is 0.799. The van der Waals surface area contributed by atoms with E-state index in [2.05, 4.69) is 43.5 Å². The minimum atomic E-state index is 0.799.